The minimum atomic E-state index is -0.546. The first kappa shape index (κ1) is 17.5. The van der Waals surface area contributed by atoms with Crippen LogP contribution in [-0.4, -0.2) is 39.1 Å². The summed E-state index contributed by atoms with van der Waals surface area (Å²) in [6, 6.07) is 2.59. The zero-order valence-corrected chi connectivity index (χ0v) is 14.2. The SMILES string of the molecule is [C-]#[N+]c1cc2ncn(CC(=O)C[C@H]3NCCC[C@@H]3O)c(=O)c2cc1Cl. The number of aromatic nitrogens is 2. The van der Waals surface area contributed by atoms with Crippen LogP contribution in [0.1, 0.15) is 19.3 Å². The number of nitrogens with zero attached hydrogens (tertiary/aromatic N) is 3. The average Bonchev–Trinajstić information content (AvgIpc) is 2.59. The lowest BCUT2D eigenvalue weighted by Gasteiger charge is -2.28. The normalized spacial score (nSPS) is 20.4. The predicted molar refractivity (Wildman–Crippen MR) is 93.9 cm³/mol. The van der Waals surface area contributed by atoms with Crippen molar-refractivity contribution in [2.75, 3.05) is 6.54 Å². The summed E-state index contributed by atoms with van der Waals surface area (Å²) in [5.41, 5.74) is 0.217. The standard InChI is InChI=1S/C17H17ClN4O3/c1-19-14-7-13-11(6-12(14)18)17(25)22(9-21-13)8-10(23)5-15-16(24)3-2-4-20-15/h6-7,9,15-16,20,24H,2-5,8H2/t15-,16+/m1/s1. The van der Waals surface area contributed by atoms with Crippen molar-refractivity contribution in [3.8, 4) is 0 Å². The second-order valence-corrected chi connectivity index (χ2v) is 6.53. The molecule has 1 aliphatic heterocycles. The lowest BCUT2D eigenvalue weighted by molar-refractivity contribution is -0.121. The van der Waals surface area contributed by atoms with Gasteiger partial charge in [-0.25, -0.2) is 9.83 Å². The zero-order valence-electron chi connectivity index (χ0n) is 13.4. The number of hydrogen-bond donors (Lipinski definition) is 2. The second kappa shape index (κ2) is 7.31. The van der Waals surface area contributed by atoms with Gasteiger partial charge in [0.15, 0.2) is 5.78 Å². The summed E-state index contributed by atoms with van der Waals surface area (Å²) in [4.78, 5) is 32.2. The first-order valence-electron chi connectivity index (χ1n) is 7.99. The van der Waals surface area contributed by atoms with Crippen LogP contribution in [0.5, 0.6) is 0 Å². The van der Waals surface area contributed by atoms with Crippen LogP contribution in [0.25, 0.3) is 15.7 Å². The van der Waals surface area contributed by atoms with E-state index in [0.717, 1.165) is 13.0 Å². The van der Waals surface area contributed by atoms with Crippen molar-refractivity contribution in [1.82, 2.24) is 14.9 Å². The Kier molecular flexibility index (Phi) is 5.13. The number of Topliss-reactive ketones (excluding diaryl/α,β-unsaturated/α-hetero) is 1. The summed E-state index contributed by atoms with van der Waals surface area (Å²) >= 11 is 5.99. The van der Waals surface area contributed by atoms with Crippen LogP contribution in [-0.2, 0) is 11.3 Å². The van der Waals surface area contributed by atoms with Gasteiger partial charge >= 0.3 is 0 Å². The number of rotatable bonds is 4. The van der Waals surface area contributed by atoms with Crippen molar-refractivity contribution >= 4 is 34.0 Å². The van der Waals surface area contributed by atoms with E-state index in [1.54, 1.807) is 0 Å². The van der Waals surface area contributed by atoms with Gasteiger partial charge in [0, 0.05) is 17.5 Å². The van der Waals surface area contributed by atoms with Crippen LogP contribution < -0.4 is 10.9 Å². The lowest BCUT2D eigenvalue weighted by Crippen LogP contribution is -2.46. The molecule has 130 valence electrons. The number of carbonyl (C=O) groups excluding carboxylic acids is 1. The molecule has 1 aliphatic rings. The summed E-state index contributed by atoms with van der Waals surface area (Å²) in [6.07, 6.45) is 2.46. The van der Waals surface area contributed by atoms with Crippen molar-refractivity contribution in [1.29, 1.82) is 0 Å². The summed E-state index contributed by atoms with van der Waals surface area (Å²) in [7, 11) is 0. The van der Waals surface area contributed by atoms with Crippen molar-refractivity contribution in [3.63, 3.8) is 0 Å². The second-order valence-electron chi connectivity index (χ2n) is 6.12. The smallest absolute Gasteiger partial charge is 0.261 e. The van der Waals surface area contributed by atoms with Gasteiger partial charge in [-0.1, -0.05) is 11.6 Å². The molecule has 2 aromatic rings. The quantitative estimate of drug-likeness (QED) is 0.810. The maximum absolute atomic E-state index is 12.5. The summed E-state index contributed by atoms with van der Waals surface area (Å²) < 4.78 is 1.23. The Balaban J connectivity index is 1.82. The minimum Gasteiger partial charge on any atom is -0.391 e. The molecule has 3 rings (SSSR count). The van der Waals surface area contributed by atoms with Gasteiger partial charge in [-0.15, -0.1) is 0 Å². The van der Waals surface area contributed by atoms with Gasteiger partial charge in [0.05, 0.1) is 36.5 Å². The van der Waals surface area contributed by atoms with Crippen LogP contribution >= 0.6 is 11.6 Å². The molecule has 2 N–H and O–H groups in total. The Hall–Kier alpha value is -2.27. The molecular formula is C17H17ClN4O3. The molecular weight excluding hydrogens is 344 g/mol. The number of carbonyl (C=O) groups is 1. The minimum absolute atomic E-state index is 0.116. The van der Waals surface area contributed by atoms with Gasteiger partial charge in [0.1, 0.15) is 0 Å². The molecule has 7 nitrogen and oxygen atoms in total. The Morgan fingerprint density at radius 1 is 1.52 bits per heavy atom. The van der Waals surface area contributed by atoms with E-state index in [2.05, 4.69) is 15.1 Å². The largest absolute Gasteiger partial charge is 0.391 e. The first-order chi connectivity index (χ1) is 12.0. The van der Waals surface area contributed by atoms with E-state index in [1.165, 1.54) is 23.0 Å². The highest BCUT2D eigenvalue weighted by atomic mass is 35.5. The van der Waals surface area contributed by atoms with Gasteiger partial charge in [-0.2, -0.15) is 0 Å². The average molecular weight is 361 g/mol. The Labute approximate surface area is 149 Å². The molecule has 0 spiro atoms. The molecule has 1 aromatic heterocycles. The van der Waals surface area contributed by atoms with Crippen LogP contribution in [0.3, 0.4) is 0 Å². The molecule has 2 heterocycles. The van der Waals surface area contributed by atoms with Gasteiger partial charge < -0.3 is 10.4 Å². The Bertz CT molecular complexity index is 918. The number of fused-ring (bicyclic) bond motifs is 1. The molecule has 25 heavy (non-hydrogen) atoms. The molecule has 2 atom stereocenters. The number of hydrogen-bond acceptors (Lipinski definition) is 5. The van der Waals surface area contributed by atoms with Crippen molar-refractivity contribution in [2.24, 2.45) is 0 Å². The van der Waals surface area contributed by atoms with Crippen LogP contribution in [0.15, 0.2) is 23.3 Å². The summed E-state index contributed by atoms with van der Waals surface area (Å²) in [5, 5.41) is 13.5. The number of benzene rings is 1. The number of ketones is 1. The fourth-order valence-corrected chi connectivity index (χ4v) is 3.22. The van der Waals surface area contributed by atoms with E-state index < -0.39 is 6.10 Å². The van der Waals surface area contributed by atoms with E-state index in [0.29, 0.717) is 11.9 Å². The van der Waals surface area contributed by atoms with E-state index in [4.69, 9.17) is 18.2 Å². The maximum atomic E-state index is 12.5. The van der Waals surface area contributed by atoms with Crippen LogP contribution in [0.2, 0.25) is 5.02 Å². The molecule has 0 saturated carbocycles. The zero-order chi connectivity index (χ0) is 18.0. The van der Waals surface area contributed by atoms with Gasteiger partial charge in [0.25, 0.3) is 5.56 Å². The summed E-state index contributed by atoms with van der Waals surface area (Å²) in [6.45, 7) is 7.70. The van der Waals surface area contributed by atoms with E-state index >= 15 is 0 Å². The monoisotopic (exact) mass is 360 g/mol. The molecule has 8 heteroatoms. The van der Waals surface area contributed by atoms with Gasteiger partial charge in [-0.3, -0.25) is 14.2 Å². The number of nitrogens with one attached hydrogen (secondary N) is 1. The number of aliphatic hydroxyl groups is 1. The van der Waals surface area contributed by atoms with Gasteiger partial charge in [-0.05, 0) is 31.5 Å². The highest BCUT2D eigenvalue weighted by molar-refractivity contribution is 6.34. The highest BCUT2D eigenvalue weighted by Gasteiger charge is 2.25. The number of piperidine rings is 1. The van der Waals surface area contributed by atoms with Gasteiger partial charge in [0.2, 0.25) is 5.69 Å². The molecule has 1 saturated heterocycles. The van der Waals surface area contributed by atoms with Crippen LogP contribution in [0, 0.1) is 6.57 Å². The maximum Gasteiger partial charge on any atom is 0.261 e. The topological polar surface area (TPSA) is 88.6 Å². The Morgan fingerprint density at radius 3 is 3.04 bits per heavy atom. The number of halogens is 1. The van der Waals surface area contributed by atoms with E-state index in [9.17, 15) is 14.7 Å². The lowest BCUT2D eigenvalue weighted by atomic mass is 9.97. The van der Waals surface area contributed by atoms with E-state index in [1.807, 2.05) is 0 Å². The molecule has 0 amide bonds. The Morgan fingerprint density at radius 2 is 2.32 bits per heavy atom. The third-order valence-electron chi connectivity index (χ3n) is 4.36. The summed E-state index contributed by atoms with van der Waals surface area (Å²) in [5.74, 6) is -0.162. The molecule has 0 bridgehead atoms. The fraction of sp³-hybridized carbons (Fsp3) is 0.412. The third-order valence-corrected chi connectivity index (χ3v) is 4.66. The molecule has 1 fully saturated rings. The fourth-order valence-electron chi connectivity index (χ4n) is 3.01. The molecule has 0 aliphatic carbocycles. The van der Waals surface area contributed by atoms with Crippen molar-refractivity contribution < 1.29 is 9.90 Å². The molecule has 0 radical (unpaired) electrons. The van der Waals surface area contributed by atoms with Crippen molar-refractivity contribution in [2.45, 2.75) is 38.0 Å². The predicted octanol–water partition coefficient (Wildman–Crippen LogP) is 1.67. The van der Waals surface area contributed by atoms with Crippen LogP contribution in [0.4, 0.5) is 5.69 Å². The van der Waals surface area contributed by atoms with Crippen molar-refractivity contribution in [3.05, 3.63) is 45.3 Å². The molecule has 0 unspecified atom stereocenters. The third kappa shape index (κ3) is 3.71. The van der Waals surface area contributed by atoms with E-state index in [-0.39, 0.29) is 46.4 Å². The first-order valence-corrected chi connectivity index (χ1v) is 8.36. The number of aliphatic hydroxyl groups excluding tert-OH is 1. The molecule has 1 aromatic carbocycles. The highest BCUT2D eigenvalue weighted by Crippen LogP contribution is 2.28.